The number of hydrogen-bond acceptors (Lipinski definition) is 6. The van der Waals surface area contributed by atoms with Gasteiger partial charge in [-0.2, -0.15) is 9.78 Å². The third-order valence-electron chi connectivity index (χ3n) is 4.48. The lowest BCUT2D eigenvalue weighted by atomic mass is 10.2. The van der Waals surface area contributed by atoms with Crippen LogP contribution in [0.25, 0.3) is 15.3 Å². The topological polar surface area (TPSA) is 69.0 Å². The highest BCUT2D eigenvalue weighted by molar-refractivity contribution is 7.99. The minimum atomic E-state index is -0.0430. The summed E-state index contributed by atoms with van der Waals surface area (Å²) in [6, 6.07) is 15.9. The zero-order chi connectivity index (χ0) is 21.1. The van der Waals surface area contributed by atoms with Gasteiger partial charge in [0.15, 0.2) is 0 Å². The number of carbonyl (C=O) groups excluding carboxylic acids is 1. The third kappa shape index (κ3) is 4.66. The number of rotatable bonds is 7. The van der Waals surface area contributed by atoms with E-state index >= 15 is 0 Å². The Hall–Kier alpha value is -2.84. The number of benzene rings is 2. The van der Waals surface area contributed by atoms with Crippen LogP contribution in [0.15, 0.2) is 53.4 Å². The van der Waals surface area contributed by atoms with Gasteiger partial charge >= 0.3 is 0 Å². The summed E-state index contributed by atoms with van der Waals surface area (Å²) in [6.45, 7) is 3.96. The number of anilines is 1. The molecule has 6 nitrogen and oxygen atoms in total. The predicted octanol–water partition coefficient (Wildman–Crippen LogP) is 5.23. The van der Waals surface area contributed by atoms with Crippen molar-refractivity contribution in [3.63, 3.8) is 0 Å². The van der Waals surface area contributed by atoms with Crippen LogP contribution < -0.4 is 10.1 Å². The van der Waals surface area contributed by atoms with Crippen molar-refractivity contribution >= 4 is 45.0 Å². The van der Waals surface area contributed by atoms with Gasteiger partial charge in [-0.3, -0.25) is 4.79 Å². The number of aryl methyl sites for hydroxylation is 2. The number of fused-ring (bicyclic) bond motifs is 1. The molecule has 0 saturated carbocycles. The summed E-state index contributed by atoms with van der Waals surface area (Å²) in [5, 5.41) is 8.21. The Morgan fingerprint density at radius 3 is 2.73 bits per heavy atom. The molecular weight excluding hydrogens is 416 g/mol. The number of thiazole rings is 1. The zero-order valence-corrected chi connectivity index (χ0v) is 18.6. The first-order valence-corrected chi connectivity index (χ1v) is 11.3. The van der Waals surface area contributed by atoms with Crippen LogP contribution in [0.3, 0.4) is 0 Å². The monoisotopic (exact) mass is 438 g/mol. The summed E-state index contributed by atoms with van der Waals surface area (Å²) in [6.07, 6.45) is 0.416. The molecule has 0 aliphatic carbocycles. The fourth-order valence-corrected chi connectivity index (χ4v) is 4.76. The fraction of sp³-hybridized carbons (Fsp3) is 0.227. The van der Waals surface area contributed by atoms with E-state index in [0.29, 0.717) is 23.1 Å². The molecule has 4 rings (SSSR count). The number of ether oxygens (including phenoxy) is 1. The second-order valence-corrected chi connectivity index (χ2v) is 9.05. The second kappa shape index (κ2) is 8.89. The number of aromatic nitrogens is 3. The molecule has 0 aliphatic rings. The number of nitrogens with one attached hydrogen (secondary N) is 1. The summed E-state index contributed by atoms with van der Waals surface area (Å²) in [4.78, 5) is 18.3. The first-order chi connectivity index (χ1) is 14.5. The zero-order valence-electron chi connectivity index (χ0n) is 17.0. The van der Waals surface area contributed by atoms with Crippen LogP contribution in [-0.2, 0) is 4.79 Å². The maximum Gasteiger partial charge on any atom is 0.226 e. The van der Waals surface area contributed by atoms with Crippen LogP contribution in [0.2, 0.25) is 0 Å². The Labute approximate surface area is 183 Å². The smallest absolute Gasteiger partial charge is 0.226 e. The molecule has 30 heavy (non-hydrogen) atoms. The highest BCUT2D eigenvalue weighted by Crippen LogP contribution is 2.30. The Bertz CT molecular complexity index is 1180. The van der Waals surface area contributed by atoms with Crippen molar-refractivity contribution in [3.8, 4) is 10.9 Å². The number of amides is 1. The van der Waals surface area contributed by atoms with Gasteiger partial charge in [-0.15, -0.1) is 11.8 Å². The Balaban J connectivity index is 1.45. The van der Waals surface area contributed by atoms with E-state index in [4.69, 9.17) is 4.74 Å². The molecule has 2 aromatic heterocycles. The van der Waals surface area contributed by atoms with Crippen molar-refractivity contribution in [3.05, 3.63) is 59.8 Å². The normalized spacial score (nSPS) is 11.0. The van der Waals surface area contributed by atoms with Crippen LogP contribution in [0.5, 0.6) is 5.75 Å². The lowest BCUT2D eigenvalue weighted by Gasteiger charge is -2.06. The molecule has 154 valence electrons. The molecule has 0 bridgehead atoms. The number of methoxy groups -OCH3 is 1. The maximum absolute atomic E-state index is 12.5. The van der Waals surface area contributed by atoms with Gasteiger partial charge in [0.05, 0.1) is 23.0 Å². The molecule has 0 fully saturated rings. The van der Waals surface area contributed by atoms with E-state index in [0.717, 1.165) is 21.7 Å². The van der Waals surface area contributed by atoms with Crippen molar-refractivity contribution in [1.29, 1.82) is 0 Å². The Morgan fingerprint density at radius 2 is 1.97 bits per heavy atom. The van der Waals surface area contributed by atoms with Crippen molar-refractivity contribution in [2.45, 2.75) is 25.2 Å². The number of thioether (sulfide) groups is 1. The molecule has 4 aromatic rings. The number of hydrogen-bond donors (Lipinski definition) is 1. The predicted molar refractivity (Wildman–Crippen MR) is 123 cm³/mol. The van der Waals surface area contributed by atoms with Crippen molar-refractivity contribution in [2.24, 2.45) is 0 Å². The van der Waals surface area contributed by atoms with Gasteiger partial charge in [0.2, 0.25) is 11.0 Å². The SMILES string of the molecule is COc1ccc2nc(-n3nc(C)cc3NC(=O)CCSc3ccc(C)cc3)sc2c1. The Kier molecular flexibility index (Phi) is 6.06. The lowest BCUT2D eigenvalue weighted by Crippen LogP contribution is -2.15. The largest absolute Gasteiger partial charge is 0.497 e. The summed E-state index contributed by atoms with van der Waals surface area (Å²) in [5.41, 5.74) is 2.92. The van der Waals surface area contributed by atoms with Crippen LogP contribution >= 0.6 is 23.1 Å². The van der Waals surface area contributed by atoms with Crippen LogP contribution in [-0.4, -0.2) is 33.5 Å². The van der Waals surface area contributed by atoms with E-state index < -0.39 is 0 Å². The summed E-state index contributed by atoms with van der Waals surface area (Å²) in [5.74, 6) is 2.08. The molecule has 0 spiro atoms. The van der Waals surface area contributed by atoms with Crippen LogP contribution in [0.4, 0.5) is 5.82 Å². The molecule has 0 atom stereocenters. The molecule has 2 aromatic carbocycles. The van der Waals surface area contributed by atoms with E-state index in [1.165, 1.54) is 21.8 Å². The summed E-state index contributed by atoms with van der Waals surface area (Å²) in [7, 11) is 1.64. The lowest BCUT2D eigenvalue weighted by molar-refractivity contribution is -0.115. The van der Waals surface area contributed by atoms with Gasteiger partial charge in [0, 0.05) is 23.1 Å². The second-order valence-electron chi connectivity index (χ2n) is 6.87. The molecular formula is C22H22N4O2S2. The van der Waals surface area contributed by atoms with E-state index in [-0.39, 0.29) is 5.91 Å². The molecule has 2 heterocycles. The molecule has 0 unspecified atom stereocenters. The van der Waals surface area contributed by atoms with Gasteiger partial charge in [-0.25, -0.2) is 4.98 Å². The molecule has 0 aliphatic heterocycles. The van der Waals surface area contributed by atoms with Crippen LogP contribution in [0, 0.1) is 13.8 Å². The van der Waals surface area contributed by atoms with E-state index in [1.807, 2.05) is 31.2 Å². The molecule has 1 amide bonds. The van der Waals surface area contributed by atoms with Gasteiger partial charge in [0.25, 0.3) is 0 Å². The van der Waals surface area contributed by atoms with Gasteiger partial charge in [-0.05, 0) is 44.2 Å². The van der Waals surface area contributed by atoms with Crippen LogP contribution in [0.1, 0.15) is 17.7 Å². The number of carbonyl (C=O) groups is 1. The molecule has 1 N–H and O–H groups in total. The minimum absolute atomic E-state index is 0.0430. The quantitative estimate of drug-likeness (QED) is 0.400. The Morgan fingerprint density at radius 1 is 1.17 bits per heavy atom. The first-order valence-electron chi connectivity index (χ1n) is 9.53. The van der Waals surface area contributed by atoms with E-state index in [2.05, 4.69) is 46.6 Å². The van der Waals surface area contributed by atoms with E-state index in [9.17, 15) is 4.79 Å². The van der Waals surface area contributed by atoms with Crippen molar-refractivity contribution in [1.82, 2.24) is 14.8 Å². The minimum Gasteiger partial charge on any atom is -0.497 e. The highest BCUT2D eigenvalue weighted by Gasteiger charge is 2.15. The number of nitrogens with zero attached hydrogens (tertiary/aromatic N) is 3. The average molecular weight is 439 g/mol. The highest BCUT2D eigenvalue weighted by atomic mass is 32.2. The first kappa shape index (κ1) is 20.4. The summed E-state index contributed by atoms with van der Waals surface area (Å²) >= 11 is 3.18. The van der Waals surface area contributed by atoms with Crippen molar-refractivity contribution < 1.29 is 9.53 Å². The molecule has 0 radical (unpaired) electrons. The van der Waals surface area contributed by atoms with Gasteiger partial charge in [0.1, 0.15) is 11.6 Å². The maximum atomic E-state index is 12.5. The van der Waals surface area contributed by atoms with Crippen molar-refractivity contribution in [2.75, 3.05) is 18.2 Å². The van der Waals surface area contributed by atoms with E-state index in [1.54, 1.807) is 23.6 Å². The molecule has 0 saturated heterocycles. The van der Waals surface area contributed by atoms with Gasteiger partial charge < -0.3 is 10.1 Å². The third-order valence-corrected chi connectivity index (χ3v) is 6.49. The molecule has 8 heteroatoms. The fourth-order valence-electron chi connectivity index (χ4n) is 2.95. The standard InChI is InChI=1S/C22H22N4O2S2/c1-14-4-7-17(8-5-14)29-11-10-21(27)24-20-12-15(2)25-26(20)22-23-18-9-6-16(28-3)13-19(18)30-22/h4-9,12-13H,10-11H2,1-3H3,(H,24,27). The summed E-state index contributed by atoms with van der Waals surface area (Å²) < 4.78 is 7.99. The van der Waals surface area contributed by atoms with Gasteiger partial charge in [-0.1, -0.05) is 29.0 Å². The average Bonchev–Trinajstić information content (AvgIpc) is 3.31.